The summed E-state index contributed by atoms with van der Waals surface area (Å²) in [6.07, 6.45) is 2.01. The smallest absolute Gasteiger partial charge is 0.338 e. The standard InChI is InChI=1S/C18H19NO2/c20-18(21-17-7-4-12-19-13-17)16-10-8-15(9-11-16)14-5-2-1-3-6-14/h1-3,5-6,8-11,17,19H,4,7,12-13H2/t17-/m1/s1. The Labute approximate surface area is 124 Å². The molecule has 2 aromatic rings. The van der Waals surface area contributed by atoms with E-state index in [-0.39, 0.29) is 12.1 Å². The lowest BCUT2D eigenvalue weighted by Gasteiger charge is -2.22. The molecule has 0 saturated carbocycles. The van der Waals surface area contributed by atoms with E-state index in [1.54, 1.807) is 0 Å². The second-order valence-electron chi connectivity index (χ2n) is 5.32. The highest BCUT2D eigenvalue weighted by Gasteiger charge is 2.18. The predicted octanol–water partition coefficient (Wildman–Crippen LogP) is 3.26. The third-order valence-corrected chi connectivity index (χ3v) is 3.75. The monoisotopic (exact) mass is 281 g/mol. The van der Waals surface area contributed by atoms with E-state index in [9.17, 15) is 4.79 Å². The largest absolute Gasteiger partial charge is 0.457 e. The molecule has 1 fully saturated rings. The minimum absolute atomic E-state index is 0.0000462. The number of rotatable bonds is 3. The van der Waals surface area contributed by atoms with Gasteiger partial charge in [-0.05, 0) is 42.6 Å². The maximum Gasteiger partial charge on any atom is 0.338 e. The van der Waals surface area contributed by atoms with Crippen LogP contribution >= 0.6 is 0 Å². The van der Waals surface area contributed by atoms with Crippen molar-refractivity contribution in [3.63, 3.8) is 0 Å². The Hall–Kier alpha value is -2.13. The molecular formula is C18H19NO2. The van der Waals surface area contributed by atoms with Crippen LogP contribution in [0.3, 0.4) is 0 Å². The molecule has 21 heavy (non-hydrogen) atoms. The van der Waals surface area contributed by atoms with Gasteiger partial charge in [-0.25, -0.2) is 4.79 Å². The summed E-state index contributed by atoms with van der Waals surface area (Å²) in [5.41, 5.74) is 2.86. The number of nitrogens with one attached hydrogen (secondary N) is 1. The summed E-state index contributed by atoms with van der Waals surface area (Å²) >= 11 is 0. The second kappa shape index (κ2) is 6.55. The van der Waals surface area contributed by atoms with E-state index in [1.807, 2.05) is 42.5 Å². The minimum Gasteiger partial charge on any atom is -0.457 e. The average Bonchev–Trinajstić information content (AvgIpc) is 2.57. The third kappa shape index (κ3) is 3.50. The number of esters is 1. The molecule has 1 heterocycles. The number of piperidine rings is 1. The van der Waals surface area contributed by atoms with Crippen LogP contribution in [-0.2, 0) is 4.74 Å². The molecule has 0 bridgehead atoms. The van der Waals surface area contributed by atoms with E-state index in [2.05, 4.69) is 17.4 Å². The fourth-order valence-corrected chi connectivity index (χ4v) is 2.57. The number of benzene rings is 2. The minimum atomic E-state index is -0.233. The normalized spacial score (nSPS) is 18.2. The molecule has 0 spiro atoms. The predicted molar refractivity (Wildman–Crippen MR) is 83.2 cm³/mol. The van der Waals surface area contributed by atoms with Crippen LogP contribution in [0.5, 0.6) is 0 Å². The Morgan fingerprint density at radius 3 is 2.38 bits per heavy atom. The highest BCUT2D eigenvalue weighted by atomic mass is 16.5. The molecule has 3 rings (SSSR count). The Morgan fingerprint density at radius 2 is 1.71 bits per heavy atom. The summed E-state index contributed by atoms with van der Waals surface area (Å²) < 4.78 is 5.52. The first-order chi connectivity index (χ1) is 10.3. The van der Waals surface area contributed by atoms with Gasteiger partial charge >= 0.3 is 5.97 Å². The van der Waals surface area contributed by atoms with Gasteiger partial charge in [0.1, 0.15) is 6.10 Å². The number of hydrogen-bond acceptors (Lipinski definition) is 3. The van der Waals surface area contributed by atoms with Gasteiger partial charge in [0.15, 0.2) is 0 Å². The molecule has 1 saturated heterocycles. The maximum atomic E-state index is 12.1. The van der Waals surface area contributed by atoms with E-state index >= 15 is 0 Å². The summed E-state index contributed by atoms with van der Waals surface area (Å²) in [5, 5.41) is 3.25. The molecular weight excluding hydrogens is 262 g/mol. The summed E-state index contributed by atoms with van der Waals surface area (Å²) in [5.74, 6) is -0.233. The van der Waals surface area contributed by atoms with Crippen LogP contribution in [0.4, 0.5) is 0 Å². The number of carbonyl (C=O) groups excluding carboxylic acids is 1. The fourth-order valence-electron chi connectivity index (χ4n) is 2.57. The van der Waals surface area contributed by atoms with Crippen molar-refractivity contribution >= 4 is 5.97 Å². The van der Waals surface area contributed by atoms with Crippen molar-refractivity contribution in [2.75, 3.05) is 13.1 Å². The lowest BCUT2D eigenvalue weighted by Crippen LogP contribution is -2.36. The Kier molecular flexibility index (Phi) is 4.31. The van der Waals surface area contributed by atoms with Gasteiger partial charge in [-0.15, -0.1) is 0 Å². The molecule has 3 heteroatoms. The molecule has 0 amide bonds. The first kappa shape index (κ1) is 13.8. The summed E-state index contributed by atoms with van der Waals surface area (Å²) in [7, 11) is 0. The zero-order valence-electron chi connectivity index (χ0n) is 11.9. The van der Waals surface area contributed by atoms with Gasteiger partial charge in [-0.2, -0.15) is 0 Å². The fraction of sp³-hybridized carbons (Fsp3) is 0.278. The van der Waals surface area contributed by atoms with E-state index in [1.165, 1.54) is 0 Å². The van der Waals surface area contributed by atoms with Crippen molar-refractivity contribution in [3.05, 3.63) is 60.2 Å². The maximum absolute atomic E-state index is 12.1. The van der Waals surface area contributed by atoms with E-state index in [0.717, 1.165) is 37.1 Å². The number of carbonyl (C=O) groups is 1. The summed E-state index contributed by atoms with van der Waals surface area (Å²) in [6.45, 7) is 1.77. The van der Waals surface area contributed by atoms with Crippen molar-refractivity contribution in [1.82, 2.24) is 5.32 Å². The van der Waals surface area contributed by atoms with Gasteiger partial charge in [-0.1, -0.05) is 42.5 Å². The highest BCUT2D eigenvalue weighted by molar-refractivity contribution is 5.90. The van der Waals surface area contributed by atoms with Crippen molar-refractivity contribution in [2.45, 2.75) is 18.9 Å². The van der Waals surface area contributed by atoms with Gasteiger partial charge in [0.2, 0.25) is 0 Å². The SMILES string of the molecule is O=C(O[C@@H]1CCCNC1)c1ccc(-c2ccccc2)cc1. The molecule has 3 nitrogen and oxygen atoms in total. The van der Waals surface area contributed by atoms with Gasteiger partial charge in [-0.3, -0.25) is 0 Å². The van der Waals surface area contributed by atoms with Crippen LogP contribution in [-0.4, -0.2) is 25.2 Å². The Morgan fingerprint density at radius 1 is 1.00 bits per heavy atom. The van der Waals surface area contributed by atoms with Crippen molar-refractivity contribution < 1.29 is 9.53 Å². The van der Waals surface area contributed by atoms with Crippen LogP contribution in [0.15, 0.2) is 54.6 Å². The van der Waals surface area contributed by atoms with Gasteiger partial charge in [0.05, 0.1) is 5.56 Å². The number of hydrogen-bond donors (Lipinski definition) is 1. The van der Waals surface area contributed by atoms with Crippen molar-refractivity contribution in [2.24, 2.45) is 0 Å². The van der Waals surface area contributed by atoms with Crippen molar-refractivity contribution in [1.29, 1.82) is 0 Å². The average molecular weight is 281 g/mol. The molecule has 1 aliphatic heterocycles. The van der Waals surface area contributed by atoms with Crippen LogP contribution in [0.25, 0.3) is 11.1 Å². The zero-order valence-corrected chi connectivity index (χ0v) is 11.9. The molecule has 2 aromatic carbocycles. The van der Waals surface area contributed by atoms with Crippen LogP contribution < -0.4 is 5.32 Å². The lowest BCUT2D eigenvalue weighted by atomic mass is 10.0. The third-order valence-electron chi connectivity index (χ3n) is 3.75. The quantitative estimate of drug-likeness (QED) is 0.878. The van der Waals surface area contributed by atoms with Crippen LogP contribution in [0.1, 0.15) is 23.2 Å². The molecule has 0 aromatic heterocycles. The van der Waals surface area contributed by atoms with Gasteiger partial charge in [0.25, 0.3) is 0 Å². The molecule has 0 unspecified atom stereocenters. The first-order valence-electron chi connectivity index (χ1n) is 7.40. The van der Waals surface area contributed by atoms with Gasteiger partial charge < -0.3 is 10.1 Å². The van der Waals surface area contributed by atoms with E-state index in [4.69, 9.17) is 4.74 Å². The Balaban J connectivity index is 1.67. The highest BCUT2D eigenvalue weighted by Crippen LogP contribution is 2.20. The second-order valence-corrected chi connectivity index (χ2v) is 5.32. The summed E-state index contributed by atoms with van der Waals surface area (Å²) in [6, 6.07) is 17.7. The molecule has 0 aliphatic carbocycles. The Bertz CT molecular complexity index is 586. The molecule has 108 valence electrons. The molecule has 1 aliphatic rings. The van der Waals surface area contributed by atoms with Gasteiger partial charge in [0, 0.05) is 6.54 Å². The topological polar surface area (TPSA) is 38.3 Å². The number of ether oxygens (including phenoxy) is 1. The van der Waals surface area contributed by atoms with E-state index in [0.29, 0.717) is 5.56 Å². The molecule has 1 N–H and O–H groups in total. The molecule has 1 atom stereocenters. The molecule has 0 radical (unpaired) electrons. The zero-order chi connectivity index (χ0) is 14.5. The summed E-state index contributed by atoms with van der Waals surface area (Å²) in [4.78, 5) is 12.1. The van der Waals surface area contributed by atoms with E-state index < -0.39 is 0 Å². The van der Waals surface area contributed by atoms with Crippen LogP contribution in [0, 0.1) is 0 Å². The van der Waals surface area contributed by atoms with Crippen LogP contribution in [0.2, 0.25) is 0 Å². The van der Waals surface area contributed by atoms with Crippen molar-refractivity contribution in [3.8, 4) is 11.1 Å². The first-order valence-corrected chi connectivity index (χ1v) is 7.40. The lowest BCUT2D eigenvalue weighted by molar-refractivity contribution is 0.0245.